The Labute approximate surface area is 112 Å². The summed E-state index contributed by atoms with van der Waals surface area (Å²) in [5.41, 5.74) is 0.196. The highest BCUT2D eigenvalue weighted by Gasteiger charge is 2.45. The minimum atomic E-state index is -1.11. The standard InChI is InChI=1S/C15H19FO3/c1-10(16)11-5-6-13(19-2)12(9-11)15(14(17)18)7-3-4-8-15/h5-6,9-10H,3-4,7-8H2,1-2H3,(H,17,18). The zero-order valence-electron chi connectivity index (χ0n) is 11.3. The van der Waals surface area contributed by atoms with Crippen molar-refractivity contribution in [1.82, 2.24) is 0 Å². The maximum absolute atomic E-state index is 13.5. The van der Waals surface area contributed by atoms with Crippen LogP contribution in [0.3, 0.4) is 0 Å². The van der Waals surface area contributed by atoms with Gasteiger partial charge in [-0.25, -0.2) is 4.39 Å². The van der Waals surface area contributed by atoms with Crippen molar-refractivity contribution in [3.05, 3.63) is 29.3 Å². The van der Waals surface area contributed by atoms with Crippen molar-refractivity contribution < 1.29 is 19.0 Å². The van der Waals surface area contributed by atoms with E-state index in [1.165, 1.54) is 14.0 Å². The molecule has 2 rings (SSSR count). The van der Waals surface area contributed by atoms with Gasteiger partial charge in [0.25, 0.3) is 0 Å². The summed E-state index contributed by atoms with van der Waals surface area (Å²) in [6.45, 7) is 1.45. The Morgan fingerprint density at radius 1 is 1.42 bits per heavy atom. The monoisotopic (exact) mass is 266 g/mol. The Balaban J connectivity index is 2.57. The third-order valence-electron chi connectivity index (χ3n) is 4.06. The molecule has 1 aromatic rings. The lowest BCUT2D eigenvalue weighted by Crippen LogP contribution is -2.33. The van der Waals surface area contributed by atoms with E-state index < -0.39 is 17.6 Å². The number of benzene rings is 1. The number of rotatable bonds is 4. The zero-order chi connectivity index (χ0) is 14.0. The molecule has 0 spiro atoms. The number of hydrogen-bond acceptors (Lipinski definition) is 2. The predicted octanol–water partition coefficient (Wildman–Crippen LogP) is 3.62. The van der Waals surface area contributed by atoms with E-state index in [0.717, 1.165) is 12.8 Å². The molecule has 0 aromatic heterocycles. The van der Waals surface area contributed by atoms with Gasteiger partial charge >= 0.3 is 5.97 Å². The minimum absolute atomic E-state index is 0.503. The number of methoxy groups -OCH3 is 1. The Hall–Kier alpha value is -1.58. The van der Waals surface area contributed by atoms with E-state index in [2.05, 4.69) is 0 Å². The lowest BCUT2D eigenvalue weighted by Gasteiger charge is -2.27. The fraction of sp³-hybridized carbons (Fsp3) is 0.533. The number of carboxylic acids is 1. The zero-order valence-corrected chi connectivity index (χ0v) is 11.3. The van der Waals surface area contributed by atoms with Crippen molar-refractivity contribution in [3.63, 3.8) is 0 Å². The van der Waals surface area contributed by atoms with E-state index in [1.54, 1.807) is 18.2 Å². The van der Waals surface area contributed by atoms with Crippen molar-refractivity contribution in [2.24, 2.45) is 0 Å². The van der Waals surface area contributed by atoms with Crippen LogP contribution in [0.25, 0.3) is 0 Å². The Morgan fingerprint density at radius 2 is 2.05 bits per heavy atom. The van der Waals surface area contributed by atoms with Crippen LogP contribution in [0.2, 0.25) is 0 Å². The van der Waals surface area contributed by atoms with Gasteiger partial charge in [0.1, 0.15) is 11.9 Å². The molecule has 0 bridgehead atoms. The molecule has 1 aromatic carbocycles. The molecule has 1 fully saturated rings. The van der Waals surface area contributed by atoms with E-state index >= 15 is 0 Å². The van der Waals surface area contributed by atoms with E-state index in [0.29, 0.717) is 29.7 Å². The van der Waals surface area contributed by atoms with Crippen LogP contribution in [-0.2, 0) is 10.2 Å². The number of carbonyl (C=O) groups is 1. The molecule has 1 aliphatic carbocycles. The SMILES string of the molecule is COc1ccc(C(C)F)cc1C1(C(=O)O)CCCC1. The number of aliphatic carboxylic acids is 1. The number of alkyl halides is 1. The summed E-state index contributed by atoms with van der Waals surface area (Å²) in [4.78, 5) is 11.7. The van der Waals surface area contributed by atoms with Gasteiger partial charge < -0.3 is 9.84 Å². The maximum atomic E-state index is 13.5. The fourth-order valence-corrected chi connectivity index (χ4v) is 2.92. The number of ether oxygens (including phenoxy) is 1. The topological polar surface area (TPSA) is 46.5 Å². The average Bonchev–Trinajstić information content (AvgIpc) is 2.88. The molecule has 1 aliphatic rings. The number of halogens is 1. The molecule has 4 heteroatoms. The largest absolute Gasteiger partial charge is 0.496 e. The molecule has 0 saturated heterocycles. The van der Waals surface area contributed by atoms with Gasteiger partial charge in [-0.1, -0.05) is 18.9 Å². The van der Waals surface area contributed by atoms with Crippen LogP contribution in [0.15, 0.2) is 18.2 Å². The molecule has 1 saturated carbocycles. The van der Waals surface area contributed by atoms with Crippen LogP contribution >= 0.6 is 0 Å². The van der Waals surface area contributed by atoms with Crippen molar-refractivity contribution in [2.75, 3.05) is 7.11 Å². The van der Waals surface area contributed by atoms with Gasteiger partial charge in [0.05, 0.1) is 12.5 Å². The molecule has 0 aliphatic heterocycles. The molecule has 3 nitrogen and oxygen atoms in total. The number of carboxylic acid groups (broad SMARTS) is 1. The second-order valence-electron chi connectivity index (χ2n) is 5.17. The Bertz CT molecular complexity index is 476. The van der Waals surface area contributed by atoms with Crippen molar-refractivity contribution in [3.8, 4) is 5.75 Å². The average molecular weight is 266 g/mol. The highest BCUT2D eigenvalue weighted by atomic mass is 19.1. The molecule has 104 valence electrons. The summed E-state index contributed by atoms with van der Waals surface area (Å²) in [5, 5.41) is 9.62. The van der Waals surface area contributed by atoms with Crippen LogP contribution in [0.4, 0.5) is 4.39 Å². The van der Waals surface area contributed by atoms with Gasteiger partial charge in [-0.3, -0.25) is 4.79 Å². The first kappa shape index (κ1) is 13.8. The summed E-state index contributed by atoms with van der Waals surface area (Å²) in [5.74, 6) is -0.305. The summed E-state index contributed by atoms with van der Waals surface area (Å²) in [6, 6.07) is 4.98. The summed E-state index contributed by atoms with van der Waals surface area (Å²) < 4.78 is 18.8. The van der Waals surface area contributed by atoms with Crippen molar-refractivity contribution >= 4 is 5.97 Å². The third kappa shape index (κ3) is 2.31. The van der Waals surface area contributed by atoms with Gasteiger partial charge in [0.2, 0.25) is 0 Å². The van der Waals surface area contributed by atoms with E-state index in [4.69, 9.17) is 4.74 Å². The molecule has 0 radical (unpaired) electrons. The van der Waals surface area contributed by atoms with Gasteiger partial charge in [0.15, 0.2) is 0 Å². The third-order valence-corrected chi connectivity index (χ3v) is 4.06. The first-order valence-electron chi connectivity index (χ1n) is 6.57. The molecule has 19 heavy (non-hydrogen) atoms. The van der Waals surface area contributed by atoms with Crippen LogP contribution in [-0.4, -0.2) is 18.2 Å². The summed E-state index contributed by atoms with van der Waals surface area (Å²) in [6.07, 6.45) is 1.82. The summed E-state index contributed by atoms with van der Waals surface area (Å²) in [7, 11) is 1.52. The molecule has 0 amide bonds. The maximum Gasteiger partial charge on any atom is 0.314 e. The van der Waals surface area contributed by atoms with Gasteiger partial charge in [0, 0.05) is 5.56 Å². The van der Waals surface area contributed by atoms with Gasteiger partial charge in [-0.2, -0.15) is 0 Å². The highest BCUT2D eigenvalue weighted by Crippen LogP contribution is 2.45. The number of hydrogen-bond donors (Lipinski definition) is 1. The molecule has 1 atom stereocenters. The first-order chi connectivity index (χ1) is 9.01. The van der Waals surface area contributed by atoms with E-state index in [9.17, 15) is 14.3 Å². The van der Waals surface area contributed by atoms with Crippen LogP contribution in [0.5, 0.6) is 5.75 Å². The molecular formula is C15H19FO3. The summed E-state index contributed by atoms with van der Waals surface area (Å²) >= 11 is 0. The van der Waals surface area contributed by atoms with E-state index in [-0.39, 0.29) is 0 Å². The predicted molar refractivity (Wildman–Crippen MR) is 70.3 cm³/mol. The fourth-order valence-electron chi connectivity index (χ4n) is 2.92. The second kappa shape index (κ2) is 5.19. The van der Waals surface area contributed by atoms with Crippen LogP contribution in [0, 0.1) is 0 Å². The normalized spacial score (nSPS) is 19.1. The van der Waals surface area contributed by atoms with Crippen molar-refractivity contribution in [1.29, 1.82) is 0 Å². The molecule has 1 N–H and O–H groups in total. The second-order valence-corrected chi connectivity index (χ2v) is 5.17. The Kier molecular flexibility index (Phi) is 3.78. The lowest BCUT2D eigenvalue weighted by molar-refractivity contribution is -0.143. The lowest BCUT2D eigenvalue weighted by atomic mass is 9.77. The quantitative estimate of drug-likeness (QED) is 0.905. The Morgan fingerprint density at radius 3 is 2.53 bits per heavy atom. The minimum Gasteiger partial charge on any atom is -0.496 e. The molecule has 0 heterocycles. The molecular weight excluding hydrogens is 247 g/mol. The first-order valence-corrected chi connectivity index (χ1v) is 6.57. The smallest absolute Gasteiger partial charge is 0.314 e. The van der Waals surface area contributed by atoms with Crippen LogP contribution < -0.4 is 4.74 Å². The highest BCUT2D eigenvalue weighted by molar-refractivity contribution is 5.83. The van der Waals surface area contributed by atoms with Gasteiger partial charge in [-0.05, 0) is 37.5 Å². The van der Waals surface area contributed by atoms with Crippen LogP contribution in [0.1, 0.15) is 49.9 Å². The molecule has 1 unspecified atom stereocenters. The van der Waals surface area contributed by atoms with Gasteiger partial charge in [-0.15, -0.1) is 0 Å². The van der Waals surface area contributed by atoms with E-state index in [1.807, 2.05) is 0 Å². The van der Waals surface area contributed by atoms with Crippen molar-refractivity contribution in [2.45, 2.75) is 44.2 Å².